The fraction of sp³-hybridized carbons (Fsp3) is 0. The standard InChI is InChI=1S/C34H21NS/c1-2-9-25(10-3-1)35(26-17-20-32-29(21-26)27-11-4-5-12-31(27)36-32)30-19-16-24-14-13-22-7-6-8-23-15-18-28(30)34(24)33(22)23/h1-21H. The highest BCUT2D eigenvalue weighted by molar-refractivity contribution is 7.25. The number of hydrogen-bond donors (Lipinski definition) is 0. The zero-order chi connectivity index (χ0) is 23.6. The van der Waals surface area contributed by atoms with Gasteiger partial charge in [-0.05, 0) is 69.4 Å². The van der Waals surface area contributed by atoms with Crippen LogP contribution in [-0.4, -0.2) is 0 Å². The van der Waals surface area contributed by atoms with E-state index in [0.29, 0.717) is 0 Å². The number of thiophene rings is 1. The molecule has 0 saturated heterocycles. The summed E-state index contributed by atoms with van der Waals surface area (Å²) in [7, 11) is 0. The van der Waals surface area contributed by atoms with Gasteiger partial charge in [-0.25, -0.2) is 0 Å². The van der Waals surface area contributed by atoms with E-state index in [1.165, 1.54) is 63.9 Å². The first-order chi connectivity index (χ1) is 17.8. The van der Waals surface area contributed by atoms with E-state index in [1.807, 2.05) is 11.3 Å². The molecule has 0 unspecified atom stereocenters. The fourth-order valence-corrected chi connectivity index (χ4v) is 6.86. The molecule has 0 bridgehead atoms. The van der Waals surface area contributed by atoms with Crippen molar-refractivity contribution in [1.29, 1.82) is 0 Å². The van der Waals surface area contributed by atoms with Crippen molar-refractivity contribution in [1.82, 2.24) is 0 Å². The number of para-hydroxylation sites is 1. The molecule has 7 aromatic carbocycles. The summed E-state index contributed by atoms with van der Waals surface area (Å²) in [6, 6.07) is 46.6. The Morgan fingerprint density at radius 1 is 0.417 bits per heavy atom. The predicted octanol–water partition coefficient (Wildman–Crippen LogP) is 10.4. The molecule has 0 aliphatic heterocycles. The molecule has 36 heavy (non-hydrogen) atoms. The van der Waals surface area contributed by atoms with Gasteiger partial charge >= 0.3 is 0 Å². The molecule has 0 radical (unpaired) electrons. The van der Waals surface area contributed by atoms with Crippen LogP contribution in [0, 0.1) is 0 Å². The van der Waals surface area contributed by atoms with E-state index in [2.05, 4.69) is 132 Å². The SMILES string of the molecule is c1ccc(N(c2ccc3sc4ccccc4c3c2)c2ccc3ccc4cccc5ccc2c3c45)cc1. The molecule has 0 fully saturated rings. The fourth-order valence-electron chi connectivity index (χ4n) is 5.77. The molecule has 1 nitrogen and oxygen atoms in total. The Hall–Kier alpha value is -4.40. The number of benzene rings is 7. The van der Waals surface area contributed by atoms with Gasteiger partial charge < -0.3 is 4.90 Å². The molecule has 8 aromatic rings. The summed E-state index contributed by atoms with van der Waals surface area (Å²) in [4.78, 5) is 2.41. The lowest BCUT2D eigenvalue weighted by molar-refractivity contribution is 1.31. The van der Waals surface area contributed by atoms with Crippen molar-refractivity contribution >= 4 is 80.9 Å². The molecule has 0 spiro atoms. The molecule has 0 amide bonds. The van der Waals surface area contributed by atoms with Crippen LogP contribution in [0.3, 0.4) is 0 Å². The molecule has 168 valence electrons. The van der Waals surface area contributed by atoms with Gasteiger partial charge in [0.2, 0.25) is 0 Å². The van der Waals surface area contributed by atoms with E-state index >= 15 is 0 Å². The van der Waals surface area contributed by atoms with Gasteiger partial charge in [-0.2, -0.15) is 0 Å². The van der Waals surface area contributed by atoms with Crippen molar-refractivity contribution < 1.29 is 0 Å². The minimum atomic E-state index is 1.16. The second kappa shape index (κ2) is 7.55. The molecule has 0 aliphatic rings. The number of hydrogen-bond acceptors (Lipinski definition) is 2. The Morgan fingerprint density at radius 2 is 1.11 bits per heavy atom. The summed E-state index contributed by atoms with van der Waals surface area (Å²) in [5.41, 5.74) is 3.53. The second-order valence-electron chi connectivity index (χ2n) is 9.39. The molecule has 0 saturated carbocycles. The van der Waals surface area contributed by atoms with Crippen LogP contribution >= 0.6 is 11.3 Å². The van der Waals surface area contributed by atoms with Crippen molar-refractivity contribution in [3.05, 3.63) is 127 Å². The molecule has 2 heteroatoms. The van der Waals surface area contributed by atoms with Gasteiger partial charge in [-0.15, -0.1) is 11.3 Å². The Morgan fingerprint density at radius 3 is 1.97 bits per heavy atom. The lowest BCUT2D eigenvalue weighted by Crippen LogP contribution is -2.10. The zero-order valence-corrected chi connectivity index (χ0v) is 20.3. The summed E-state index contributed by atoms with van der Waals surface area (Å²) in [5, 5.41) is 10.5. The van der Waals surface area contributed by atoms with Crippen LogP contribution < -0.4 is 4.90 Å². The maximum atomic E-state index is 2.41. The van der Waals surface area contributed by atoms with Crippen molar-refractivity contribution in [2.75, 3.05) is 4.90 Å². The first-order valence-corrected chi connectivity index (χ1v) is 13.1. The Kier molecular flexibility index (Phi) is 4.16. The summed E-state index contributed by atoms with van der Waals surface area (Å²) >= 11 is 1.86. The molecule has 0 aliphatic carbocycles. The van der Waals surface area contributed by atoms with E-state index in [1.54, 1.807) is 0 Å². The monoisotopic (exact) mass is 475 g/mol. The van der Waals surface area contributed by atoms with Crippen LogP contribution in [0.25, 0.3) is 52.5 Å². The topological polar surface area (TPSA) is 3.24 Å². The Bertz CT molecular complexity index is 2040. The molecular formula is C34H21NS. The first-order valence-electron chi connectivity index (χ1n) is 12.3. The molecule has 0 atom stereocenters. The number of anilines is 3. The number of fused-ring (bicyclic) bond motifs is 3. The maximum absolute atomic E-state index is 2.41. The van der Waals surface area contributed by atoms with Gasteiger partial charge in [0.25, 0.3) is 0 Å². The lowest BCUT2D eigenvalue weighted by atomic mass is 9.93. The van der Waals surface area contributed by atoms with Gasteiger partial charge in [0.05, 0.1) is 5.69 Å². The summed E-state index contributed by atoms with van der Waals surface area (Å²) < 4.78 is 2.65. The second-order valence-corrected chi connectivity index (χ2v) is 10.5. The number of rotatable bonds is 3. The van der Waals surface area contributed by atoms with Crippen LogP contribution in [0.15, 0.2) is 127 Å². The smallest absolute Gasteiger partial charge is 0.0540 e. The van der Waals surface area contributed by atoms with Crippen LogP contribution in [0.5, 0.6) is 0 Å². The molecule has 1 heterocycles. The zero-order valence-electron chi connectivity index (χ0n) is 19.5. The van der Waals surface area contributed by atoms with Crippen molar-refractivity contribution in [2.45, 2.75) is 0 Å². The van der Waals surface area contributed by atoms with Gasteiger partial charge in [-0.1, -0.05) is 84.9 Å². The third-order valence-electron chi connectivity index (χ3n) is 7.38. The van der Waals surface area contributed by atoms with Gasteiger partial charge in [-0.3, -0.25) is 0 Å². The van der Waals surface area contributed by atoms with E-state index in [-0.39, 0.29) is 0 Å². The van der Waals surface area contributed by atoms with Crippen molar-refractivity contribution in [3.8, 4) is 0 Å². The third kappa shape index (κ3) is 2.82. The maximum Gasteiger partial charge on any atom is 0.0540 e. The minimum Gasteiger partial charge on any atom is -0.310 e. The quantitative estimate of drug-likeness (QED) is 0.230. The highest BCUT2D eigenvalue weighted by Gasteiger charge is 2.19. The molecule has 0 N–H and O–H groups in total. The van der Waals surface area contributed by atoms with Gasteiger partial charge in [0.15, 0.2) is 0 Å². The van der Waals surface area contributed by atoms with Crippen molar-refractivity contribution in [2.24, 2.45) is 0 Å². The van der Waals surface area contributed by atoms with Crippen LogP contribution in [0.2, 0.25) is 0 Å². The van der Waals surface area contributed by atoms with Gasteiger partial charge in [0.1, 0.15) is 0 Å². The average Bonchev–Trinajstić information content (AvgIpc) is 3.31. The number of nitrogens with zero attached hydrogens (tertiary/aromatic N) is 1. The average molecular weight is 476 g/mol. The largest absolute Gasteiger partial charge is 0.310 e. The molecular weight excluding hydrogens is 454 g/mol. The van der Waals surface area contributed by atoms with E-state index < -0.39 is 0 Å². The highest BCUT2D eigenvalue weighted by atomic mass is 32.1. The Labute approximate surface area is 212 Å². The normalized spacial score (nSPS) is 11.9. The minimum absolute atomic E-state index is 1.16. The first kappa shape index (κ1) is 19.9. The summed E-state index contributed by atoms with van der Waals surface area (Å²) in [5.74, 6) is 0. The van der Waals surface area contributed by atoms with Gasteiger partial charge in [0, 0.05) is 36.9 Å². The molecule has 1 aromatic heterocycles. The lowest BCUT2D eigenvalue weighted by Gasteiger charge is -2.27. The van der Waals surface area contributed by atoms with E-state index in [0.717, 1.165) is 5.69 Å². The predicted molar refractivity (Wildman–Crippen MR) is 158 cm³/mol. The third-order valence-corrected chi connectivity index (χ3v) is 8.53. The molecule has 8 rings (SSSR count). The summed E-state index contributed by atoms with van der Waals surface area (Å²) in [6.45, 7) is 0. The van der Waals surface area contributed by atoms with Crippen LogP contribution in [-0.2, 0) is 0 Å². The van der Waals surface area contributed by atoms with E-state index in [9.17, 15) is 0 Å². The van der Waals surface area contributed by atoms with Crippen LogP contribution in [0.4, 0.5) is 17.1 Å². The van der Waals surface area contributed by atoms with Crippen LogP contribution in [0.1, 0.15) is 0 Å². The highest BCUT2D eigenvalue weighted by Crippen LogP contribution is 2.45. The van der Waals surface area contributed by atoms with Crippen molar-refractivity contribution in [3.63, 3.8) is 0 Å². The van der Waals surface area contributed by atoms with E-state index in [4.69, 9.17) is 0 Å². The Balaban J connectivity index is 1.46. The summed E-state index contributed by atoms with van der Waals surface area (Å²) in [6.07, 6.45) is 0.